The molecule has 7 heteroatoms. The molecule has 0 N–H and O–H groups in total. The van der Waals surface area contributed by atoms with E-state index in [1.807, 2.05) is 12.1 Å². The number of benzene rings is 2. The largest absolute Gasteiger partial charge is 0.451 e. The Labute approximate surface area is 177 Å². The molecule has 0 aromatic heterocycles. The maximum absolute atomic E-state index is 12.7. The van der Waals surface area contributed by atoms with Gasteiger partial charge >= 0.3 is 5.97 Å². The van der Waals surface area contributed by atoms with Gasteiger partial charge in [-0.2, -0.15) is 4.31 Å². The van der Waals surface area contributed by atoms with Crippen molar-refractivity contribution in [1.82, 2.24) is 4.31 Å². The van der Waals surface area contributed by atoms with Crippen LogP contribution in [0.15, 0.2) is 47.4 Å². The van der Waals surface area contributed by atoms with E-state index in [-0.39, 0.29) is 16.2 Å². The summed E-state index contributed by atoms with van der Waals surface area (Å²) < 4.78 is 31.8. The molecule has 0 bridgehead atoms. The van der Waals surface area contributed by atoms with Gasteiger partial charge in [-0.3, -0.25) is 4.79 Å². The molecule has 1 atom stereocenters. The molecule has 0 radical (unpaired) electrons. The van der Waals surface area contributed by atoms with Crippen molar-refractivity contribution in [3.05, 3.63) is 64.7 Å². The van der Waals surface area contributed by atoms with E-state index in [4.69, 9.17) is 4.74 Å². The number of fused-ring (bicyclic) bond motifs is 1. The minimum Gasteiger partial charge on any atom is -0.451 e. The SMILES string of the molecule is CCN(CC)S(=O)(=O)c1ccc(C(=O)OC(C)C(=O)c2ccc3c(c2)CCC3)cc1. The first-order chi connectivity index (χ1) is 14.3. The molecule has 1 aliphatic rings. The first-order valence-electron chi connectivity index (χ1n) is 10.2. The van der Waals surface area contributed by atoms with Crippen molar-refractivity contribution in [3.8, 4) is 0 Å². The topological polar surface area (TPSA) is 80.8 Å². The molecule has 30 heavy (non-hydrogen) atoms. The average Bonchev–Trinajstić information content (AvgIpc) is 3.21. The highest BCUT2D eigenvalue weighted by atomic mass is 32.2. The summed E-state index contributed by atoms with van der Waals surface area (Å²) in [5.74, 6) is -0.914. The number of hydrogen-bond acceptors (Lipinski definition) is 5. The lowest BCUT2D eigenvalue weighted by molar-refractivity contribution is 0.0318. The van der Waals surface area contributed by atoms with Crippen LogP contribution < -0.4 is 0 Å². The minimum absolute atomic E-state index is 0.116. The fraction of sp³-hybridized carbons (Fsp3) is 0.391. The maximum Gasteiger partial charge on any atom is 0.338 e. The summed E-state index contributed by atoms with van der Waals surface area (Å²) in [4.78, 5) is 25.2. The molecular formula is C23H27NO5S. The molecule has 1 aliphatic carbocycles. The quantitative estimate of drug-likeness (QED) is 0.473. The summed E-state index contributed by atoms with van der Waals surface area (Å²) in [5, 5.41) is 0. The minimum atomic E-state index is -3.59. The van der Waals surface area contributed by atoms with Crippen LogP contribution in [0.2, 0.25) is 0 Å². The standard InChI is InChI=1S/C23H27NO5S/c1-4-24(5-2)30(27,28)21-13-11-18(12-14-21)23(26)29-16(3)22(25)20-10-9-17-7-6-8-19(17)15-20/h9-16H,4-8H2,1-3H3. The van der Waals surface area contributed by atoms with Crippen LogP contribution in [0, 0.1) is 0 Å². The first-order valence-corrected chi connectivity index (χ1v) is 11.7. The molecule has 3 rings (SSSR count). The van der Waals surface area contributed by atoms with Gasteiger partial charge in [-0.1, -0.05) is 26.0 Å². The lowest BCUT2D eigenvalue weighted by Crippen LogP contribution is -2.30. The van der Waals surface area contributed by atoms with Crippen molar-refractivity contribution in [2.24, 2.45) is 0 Å². The van der Waals surface area contributed by atoms with Crippen LogP contribution in [0.3, 0.4) is 0 Å². The Bertz CT molecular complexity index is 1040. The van der Waals surface area contributed by atoms with E-state index >= 15 is 0 Å². The Balaban J connectivity index is 1.69. The highest BCUT2D eigenvalue weighted by Crippen LogP contribution is 2.24. The summed E-state index contributed by atoms with van der Waals surface area (Å²) >= 11 is 0. The van der Waals surface area contributed by atoms with Crippen LogP contribution in [0.25, 0.3) is 0 Å². The van der Waals surface area contributed by atoms with Gasteiger partial charge in [-0.05, 0) is 67.6 Å². The van der Waals surface area contributed by atoms with Crippen molar-refractivity contribution >= 4 is 21.8 Å². The van der Waals surface area contributed by atoms with Crippen LogP contribution in [0.4, 0.5) is 0 Å². The number of hydrogen-bond donors (Lipinski definition) is 0. The zero-order chi connectivity index (χ0) is 21.9. The van der Waals surface area contributed by atoms with E-state index < -0.39 is 22.1 Å². The molecule has 0 aliphatic heterocycles. The summed E-state index contributed by atoms with van der Waals surface area (Å²) in [6, 6.07) is 11.2. The number of rotatable bonds is 8. The fourth-order valence-electron chi connectivity index (χ4n) is 3.72. The molecule has 160 valence electrons. The second kappa shape index (κ2) is 9.10. The third kappa shape index (κ3) is 4.47. The average molecular weight is 430 g/mol. The van der Waals surface area contributed by atoms with Crippen molar-refractivity contribution < 1.29 is 22.7 Å². The van der Waals surface area contributed by atoms with Crippen molar-refractivity contribution in [3.63, 3.8) is 0 Å². The summed E-state index contributed by atoms with van der Waals surface area (Å²) in [7, 11) is -3.59. The van der Waals surface area contributed by atoms with Gasteiger partial charge in [0.2, 0.25) is 15.8 Å². The molecule has 0 heterocycles. The number of aryl methyl sites for hydroxylation is 2. The second-order valence-electron chi connectivity index (χ2n) is 7.36. The van der Waals surface area contributed by atoms with Gasteiger partial charge in [0, 0.05) is 18.7 Å². The van der Waals surface area contributed by atoms with Gasteiger partial charge in [0.1, 0.15) is 0 Å². The van der Waals surface area contributed by atoms with Crippen LogP contribution in [0.1, 0.15) is 59.0 Å². The zero-order valence-corrected chi connectivity index (χ0v) is 18.4. The van der Waals surface area contributed by atoms with Crippen LogP contribution in [-0.4, -0.2) is 43.7 Å². The number of sulfonamides is 1. The van der Waals surface area contributed by atoms with Gasteiger partial charge in [-0.25, -0.2) is 13.2 Å². The third-order valence-corrected chi connectivity index (χ3v) is 7.53. The Morgan fingerprint density at radius 1 is 0.967 bits per heavy atom. The number of carbonyl (C=O) groups excluding carboxylic acids is 2. The molecule has 0 spiro atoms. The normalized spacial score (nSPS) is 14.4. The number of nitrogens with zero attached hydrogens (tertiary/aromatic N) is 1. The summed E-state index contributed by atoms with van der Waals surface area (Å²) in [5.41, 5.74) is 3.19. The zero-order valence-electron chi connectivity index (χ0n) is 17.6. The van der Waals surface area contributed by atoms with E-state index in [0.29, 0.717) is 18.7 Å². The van der Waals surface area contributed by atoms with Crippen molar-refractivity contribution in [2.45, 2.75) is 51.0 Å². The number of ether oxygens (including phenoxy) is 1. The van der Waals surface area contributed by atoms with Crippen LogP contribution >= 0.6 is 0 Å². The predicted octanol–water partition coefficient (Wildman–Crippen LogP) is 3.63. The lowest BCUT2D eigenvalue weighted by atomic mass is 10.0. The Morgan fingerprint density at radius 2 is 1.57 bits per heavy atom. The molecule has 0 fully saturated rings. The molecule has 1 unspecified atom stereocenters. The monoisotopic (exact) mass is 429 g/mol. The van der Waals surface area contributed by atoms with E-state index in [2.05, 4.69) is 0 Å². The van der Waals surface area contributed by atoms with E-state index in [1.165, 1.54) is 39.7 Å². The first kappa shape index (κ1) is 22.2. The van der Waals surface area contributed by atoms with Gasteiger partial charge in [0.05, 0.1) is 10.5 Å². The second-order valence-corrected chi connectivity index (χ2v) is 9.30. The van der Waals surface area contributed by atoms with Crippen molar-refractivity contribution in [2.75, 3.05) is 13.1 Å². The number of Topliss-reactive ketones (excluding diaryl/α,β-unsaturated/α-hetero) is 1. The molecule has 2 aromatic carbocycles. The van der Waals surface area contributed by atoms with Gasteiger partial charge < -0.3 is 4.74 Å². The van der Waals surface area contributed by atoms with Gasteiger partial charge in [0.25, 0.3) is 0 Å². The smallest absolute Gasteiger partial charge is 0.338 e. The Hall–Kier alpha value is -2.51. The maximum atomic E-state index is 12.7. The van der Waals surface area contributed by atoms with E-state index in [1.54, 1.807) is 26.8 Å². The fourth-order valence-corrected chi connectivity index (χ4v) is 5.18. The molecular weight excluding hydrogens is 402 g/mol. The third-order valence-electron chi connectivity index (χ3n) is 5.47. The molecule has 0 saturated heterocycles. The van der Waals surface area contributed by atoms with Crippen LogP contribution in [0.5, 0.6) is 0 Å². The number of ketones is 1. The Morgan fingerprint density at radius 3 is 2.20 bits per heavy atom. The molecule has 2 aromatic rings. The van der Waals surface area contributed by atoms with Gasteiger partial charge in [-0.15, -0.1) is 0 Å². The predicted molar refractivity (Wildman–Crippen MR) is 114 cm³/mol. The number of esters is 1. The lowest BCUT2D eigenvalue weighted by Gasteiger charge is -2.18. The molecule has 0 saturated carbocycles. The van der Waals surface area contributed by atoms with Gasteiger partial charge in [0.15, 0.2) is 6.10 Å². The molecule has 6 nitrogen and oxygen atoms in total. The summed E-state index contributed by atoms with van der Waals surface area (Å²) in [6.07, 6.45) is 2.16. The van der Waals surface area contributed by atoms with Crippen LogP contribution in [-0.2, 0) is 27.6 Å². The van der Waals surface area contributed by atoms with E-state index in [9.17, 15) is 18.0 Å². The Kier molecular flexibility index (Phi) is 6.73. The van der Waals surface area contributed by atoms with E-state index in [0.717, 1.165) is 19.3 Å². The highest BCUT2D eigenvalue weighted by molar-refractivity contribution is 7.89. The molecule has 0 amide bonds. The highest BCUT2D eigenvalue weighted by Gasteiger charge is 2.24. The van der Waals surface area contributed by atoms with Crippen molar-refractivity contribution in [1.29, 1.82) is 0 Å². The number of carbonyl (C=O) groups is 2. The summed E-state index contributed by atoms with van der Waals surface area (Å²) in [6.45, 7) is 5.82.